The molecule has 11 aromatic rings. The molecule has 0 aliphatic heterocycles. The van der Waals surface area contributed by atoms with E-state index >= 15 is 0 Å². The normalized spacial score (nSPS) is 11.6. The number of para-hydroxylation sites is 2. The third-order valence-corrected chi connectivity index (χ3v) is 13.2. The number of thiophene rings is 2. The molecule has 0 aliphatic carbocycles. The number of nitrogens with zero attached hydrogens (tertiary/aromatic N) is 1. The fraction of sp³-hybridized carbons (Fsp3) is 0. The van der Waals surface area contributed by atoms with Crippen LogP contribution < -0.4 is 4.90 Å². The van der Waals surface area contributed by atoms with Gasteiger partial charge in [0, 0.05) is 57.2 Å². The van der Waals surface area contributed by atoms with Crippen molar-refractivity contribution < 1.29 is 0 Å². The quantitative estimate of drug-likeness (QED) is 0.164. The van der Waals surface area contributed by atoms with Crippen LogP contribution >= 0.6 is 22.7 Å². The largest absolute Gasteiger partial charge is 0.309 e. The SMILES string of the molecule is c1ccc(N(c2ccc(-c3ccc4c(c3)sc3ccccc34)cc2)c2ccccc2-c2cccc3ccccc23)c(-c2ccc3sc4ccccc4c3c2)c1. The molecule has 9 aromatic carbocycles. The van der Waals surface area contributed by atoms with Crippen LogP contribution in [0.15, 0.2) is 200 Å². The van der Waals surface area contributed by atoms with Crippen LogP contribution in [0.4, 0.5) is 17.1 Å². The standard InChI is InChI=1S/C52H33NS2/c1-2-14-39-35(12-1)13-11-19-41(39)42-16-4-8-21-48(42)53(38-28-24-34(25-29-38)36-26-30-45-43-17-5-9-22-49(43)55-52(45)33-36)47-20-7-3-15-40(47)37-27-31-51-46(32-37)44-18-6-10-23-50(44)54-51/h1-33H. The molecule has 0 unspecified atom stereocenters. The third-order valence-electron chi connectivity index (χ3n) is 10.9. The van der Waals surface area contributed by atoms with E-state index in [2.05, 4.69) is 205 Å². The maximum absolute atomic E-state index is 2.46. The minimum Gasteiger partial charge on any atom is -0.309 e. The summed E-state index contributed by atoms with van der Waals surface area (Å²) in [4.78, 5) is 2.46. The minimum atomic E-state index is 1.11. The van der Waals surface area contributed by atoms with Gasteiger partial charge in [-0.2, -0.15) is 0 Å². The van der Waals surface area contributed by atoms with E-state index in [-0.39, 0.29) is 0 Å². The van der Waals surface area contributed by atoms with E-state index in [1.54, 1.807) is 0 Å². The molecule has 3 heteroatoms. The van der Waals surface area contributed by atoms with Crippen LogP contribution in [0.3, 0.4) is 0 Å². The van der Waals surface area contributed by atoms with Gasteiger partial charge in [-0.05, 0) is 87.6 Å². The summed E-state index contributed by atoms with van der Waals surface area (Å²) in [6, 6.07) is 73.5. The van der Waals surface area contributed by atoms with E-state index in [0.717, 1.165) is 17.1 Å². The molecule has 2 aromatic heterocycles. The zero-order chi connectivity index (χ0) is 36.3. The average molecular weight is 736 g/mol. The molecule has 55 heavy (non-hydrogen) atoms. The molecule has 2 heterocycles. The van der Waals surface area contributed by atoms with Crippen molar-refractivity contribution in [2.24, 2.45) is 0 Å². The number of hydrogen-bond donors (Lipinski definition) is 0. The van der Waals surface area contributed by atoms with Gasteiger partial charge in [-0.1, -0.05) is 146 Å². The predicted octanol–water partition coefficient (Wildman–Crippen LogP) is 16.0. The number of fused-ring (bicyclic) bond motifs is 7. The summed E-state index contributed by atoms with van der Waals surface area (Å²) in [7, 11) is 0. The Morgan fingerprint density at radius 3 is 1.62 bits per heavy atom. The molecule has 1 nitrogen and oxygen atoms in total. The van der Waals surface area contributed by atoms with Gasteiger partial charge in [-0.15, -0.1) is 22.7 Å². The van der Waals surface area contributed by atoms with Crippen LogP contribution in [0.1, 0.15) is 0 Å². The molecule has 0 aliphatic rings. The maximum atomic E-state index is 2.46. The first kappa shape index (κ1) is 32.0. The van der Waals surface area contributed by atoms with Crippen LogP contribution in [0, 0.1) is 0 Å². The predicted molar refractivity (Wildman–Crippen MR) is 241 cm³/mol. The Morgan fingerprint density at radius 2 is 0.818 bits per heavy atom. The summed E-state index contributed by atoms with van der Waals surface area (Å²) in [6.07, 6.45) is 0. The van der Waals surface area contributed by atoms with Gasteiger partial charge in [0.25, 0.3) is 0 Å². The van der Waals surface area contributed by atoms with Gasteiger partial charge in [0.2, 0.25) is 0 Å². The highest BCUT2D eigenvalue weighted by Crippen LogP contribution is 2.47. The van der Waals surface area contributed by atoms with Gasteiger partial charge in [0.1, 0.15) is 0 Å². The lowest BCUT2D eigenvalue weighted by Crippen LogP contribution is -2.12. The van der Waals surface area contributed by atoms with E-state index in [1.165, 1.54) is 84.5 Å². The highest BCUT2D eigenvalue weighted by Gasteiger charge is 2.22. The molecule has 0 fully saturated rings. The van der Waals surface area contributed by atoms with Crippen molar-refractivity contribution in [3.8, 4) is 33.4 Å². The number of benzene rings is 9. The first-order valence-corrected chi connectivity index (χ1v) is 20.3. The van der Waals surface area contributed by atoms with Gasteiger partial charge >= 0.3 is 0 Å². The Balaban J connectivity index is 1.10. The fourth-order valence-corrected chi connectivity index (χ4v) is 10.5. The summed E-state index contributed by atoms with van der Waals surface area (Å²) in [5, 5.41) is 7.74. The summed E-state index contributed by atoms with van der Waals surface area (Å²) in [5.74, 6) is 0. The molecule has 258 valence electrons. The molecule has 0 spiro atoms. The van der Waals surface area contributed by atoms with Crippen molar-refractivity contribution in [3.63, 3.8) is 0 Å². The first-order chi connectivity index (χ1) is 27.3. The summed E-state index contributed by atoms with van der Waals surface area (Å²) < 4.78 is 5.28. The molecule has 0 saturated heterocycles. The molecular weight excluding hydrogens is 703 g/mol. The Hall–Kier alpha value is -6.52. The molecule has 0 bridgehead atoms. The number of hydrogen-bond acceptors (Lipinski definition) is 3. The Labute approximate surface area is 327 Å². The smallest absolute Gasteiger partial charge is 0.0540 e. The van der Waals surface area contributed by atoms with Crippen molar-refractivity contribution in [1.82, 2.24) is 0 Å². The second kappa shape index (κ2) is 13.1. The van der Waals surface area contributed by atoms with Gasteiger partial charge in [-0.25, -0.2) is 0 Å². The van der Waals surface area contributed by atoms with Gasteiger partial charge in [0.15, 0.2) is 0 Å². The third kappa shape index (κ3) is 5.43. The van der Waals surface area contributed by atoms with Crippen LogP contribution in [0.25, 0.3) is 84.5 Å². The minimum absolute atomic E-state index is 1.11. The van der Waals surface area contributed by atoms with E-state index in [9.17, 15) is 0 Å². The zero-order valence-electron chi connectivity index (χ0n) is 29.8. The second-order valence-electron chi connectivity index (χ2n) is 14.1. The summed E-state index contributed by atoms with van der Waals surface area (Å²) in [6.45, 7) is 0. The fourth-order valence-electron chi connectivity index (χ4n) is 8.28. The maximum Gasteiger partial charge on any atom is 0.0540 e. The molecular formula is C52H33NS2. The summed E-state index contributed by atoms with van der Waals surface area (Å²) >= 11 is 3.73. The lowest BCUT2D eigenvalue weighted by molar-refractivity contribution is 1.28. The van der Waals surface area contributed by atoms with Gasteiger partial charge in [0.05, 0.1) is 11.4 Å². The van der Waals surface area contributed by atoms with Crippen LogP contribution in [-0.4, -0.2) is 0 Å². The van der Waals surface area contributed by atoms with E-state index in [0.29, 0.717) is 0 Å². The van der Waals surface area contributed by atoms with Crippen molar-refractivity contribution in [3.05, 3.63) is 200 Å². The Morgan fingerprint density at radius 1 is 0.291 bits per heavy atom. The van der Waals surface area contributed by atoms with Crippen molar-refractivity contribution in [1.29, 1.82) is 0 Å². The lowest BCUT2D eigenvalue weighted by atomic mass is 9.95. The molecule has 0 saturated carbocycles. The second-order valence-corrected chi connectivity index (χ2v) is 16.2. The van der Waals surface area contributed by atoms with Crippen LogP contribution in [0.2, 0.25) is 0 Å². The number of rotatable bonds is 6. The van der Waals surface area contributed by atoms with Gasteiger partial charge < -0.3 is 4.90 Å². The van der Waals surface area contributed by atoms with E-state index in [4.69, 9.17) is 0 Å². The summed E-state index contributed by atoms with van der Waals surface area (Å²) in [5.41, 5.74) is 10.6. The van der Waals surface area contributed by atoms with Crippen LogP contribution in [-0.2, 0) is 0 Å². The number of anilines is 3. The Bertz CT molecular complexity index is 3220. The van der Waals surface area contributed by atoms with Crippen molar-refractivity contribution in [2.75, 3.05) is 4.90 Å². The Kier molecular flexibility index (Phi) is 7.61. The molecule has 0 atom stereocenters. The molecule has 0 N–H and O–H groups in total. The highest BCUT2D eigenvalue weighted by atomic mass is 32.1. The highest BCUT2D eigenvalue weighted by molar-refractivity contribution is 7.26. The average Bonchev–Trinajstić information content (AvgIpc) is 3.82. The van der Waals surface area contributed by atoms with Crippen molar-refractivity contribution >= 4 is 90.9 Å². The van der Waals surface area contributed by atoms with E-state index in [1.807, 2.05) is 22.7 Å². The van der Waals surface area contributed by atoms with Crippen LogP contribution in [0.5, 0.6) is 0 Å². The van der Waals surface area contributed by atoms with Crippen molar-refractivity contribution in [2.45, 2.75) is 0 Å². The molecule has 0 amide bonds. The molecule has 0 radical (unpaired) electrons. The molecule has 11 rings (SSSR count). The topological polar surface area (TPSA) is 3.24 Å². The monoisotopic (exact) mass is 735 g/mol. The zero-order valence-corrected chi connectivity index (χ0v) is 31.4. The van der Waals surface area contributed by atoms with Gasteiger partial charge in [-0.3, -0.25) is 0 Å². The first-order valence-electron chi connectivity index (χ1n) is 18.7. The van der Waals surface area contributed by atoms with E-state index < -0.39 is 0 Å². The lowest BCUT2D eigenvalue weighted by Gasteiger charge is -2.30.